The SMILES string of the molecule is O=C(O)C[C@H](NC(=O)CN1CCCCCCC1=O)c1ccc(Cl)cc1. The number of amides is 2. The number of halogens is 1. The molecule has 2 N–H and O–H groups in total. The third-order valence-corrected chi connectivity index (χ3v) is 4.49. The summed E-state index contributed by atoms with van der Waals surface area (Å²) in [5.41, 5.74) is 0.666. The van der Waals surface area contributed by atoms with Crippen LogP contribution in [0.2, 0.25) is 5.02 Å². The highest BCUT2D eigenvalue weighted by Crippen LogP contribution is 2.20. The fourth-order valence-electron chi connectivity index (χ4n) is 2.92. The topological polar surface area (TPSA) is 86.7 Å². The maximum atomic E-state index is 12.4. The highest BCUT2D eigenvalue weighted by Gasteiger charge is 2.22. The molecular formula is C18H23ClN2O4. The van der Waals surface area contributed by atoms with Crippen molar-refractivity contribution in [1.29, 1.82) is 0 Å². The van der Waals surface area contributed by atoms with Crippen LogP contribution >= 0.6 is 11.6 Å². The third-order valence-electron chi connectivity index (χ3n) is 4.24. The molecule has 2 rings (SSSR count). The Kier molecular flexibility index (Phi) is 7.25. The number of carbonyl (C=O) groups is 3. The van der Waals surface area contributed by atoms with E-state index >= 15 is 0 Å². The standard InChI is InChI=1S/C18H23ClN2O4/c19-14-8-6-13(7-9-14)15(11-18(24)25)20-16(22)12-21-10-4-2-1-3-5-17(21)23/h6-9,15H,1-5,10-12H2,(H,20,22)(H,24,25)/t15-/m0/s1. The minimum Gasteiger partial charge on any atom is -0.481 e. The summed E-state index contributed by atoms with van der Waals surface area (Å²) >= 11 is 5.85. The lowest BCUT2D eigenvalue weighted by Crippen LogP contribution is -2.43. The van der Waals surface area contributed by atoms with E-state index in [4.69, 9.17) is 16.7 Å². The fourth-order valence-corrected chi connectivity index (χ4v) is 3.04. The number of nitrogens with zero attached hydrogens (tertiary/aromatic N) is 1. The molecule has 1 aromatic carbocycles. The number of carboxylic acid groups (broad SMARTS) is 1. The molecule has 0 saturated carbocycles. The number of benzene rings is 1. The van der Waals surface area contributed by atoms with E-state index < -0.39 is 12.0 Å². The van der Waals surface area contributed by atoms with E-state index in [1.807, 2.05) is 0 Å². The molecule has 2 amide bonds. The molecule has 1 heterocycles. The van der Waals surface area contributed by atoms with Gasteiger partial charge in [0.25, 0.3) is 0 Å². The van der Waals surface area contributed by atoms with Crippen molar-refractivity contribution in [3.63, 3.8) is 0 Å². The lowest BCUT2D eigenvalue weighted by molar-refractivity contribution is -0.139. The van der Waals surface area contributed by atoms with E-state index in [1.54, 1.807) is 29.2 Å². The highest BCUT2D eigenvalue weighted by atomic mass is 35.5. The van der Waals surface area contributed by atoms with Gasteiger partial charge in [0.1, 0.15) is 0 Å². The van der Waals surface area contributed by atoms with Crippen molar-refractivity contribution in [3.05, 3.63) is 34.9 Å². The first-order chi connectivity index (χ1) is 12.0. The van der Waals surface area contributed by atoms with Crippen LogP contribution in [0.1, 0.15) is 50.1 Å². The van der Waals surface area contributed by atoms with Crippen LogP contribution in [0.3, 0.4) is 0 Å². The molecule has 7 heteroatoms. The van der Waals surface area contributed by atoms with Gasteiger partial charge in [-0.25, -0.2) is 0 Å². The molecule has 0 radical (unpaired) electrons. The van der Waals surface area contributed by atoms with Gasteiger partial charge in [-0.05, 0) is 30.5 Å². The maximum Gasteiger partial charge on any atom is 0.305 e. The summed E-state index contributed by atoms with van der Waals surface area (Å²) in [5, 5.41) is 12.4. The average molecular weight is 367 g/mol. The van der Waals surface area contributed by atoms with Crippen molar-refractivity contribution < 1.29 is 19.5 Å². The van der Waals surface area contributed by atoms with Gasteiger partial charge in [0, 0.05) is 18.0 Å². The molecule has 136 valence electrons. The van der Waals surface area contributed by atoms with Crippen LogP contribution < -0.4 is 5.32 Å². The van der Waals surface area contributed by atoms with E-state index in [0.29, 0.717) is 23.6 Å². The lowest BCUT2D eigenvalue weighted by atomic mass is 10.0. The summed E-state index contributed by atoms with van der Waals surface area (Å²) in [6.07, 6.45) is 4.06. The zero-order chi connectivity index (χ0) is 18.2. The predicted octanol–water partition coefficient (Wildman–Crippen LogP) is 2.76. The van der Waals surface area contributed by atoms with Crippen LogP contribution in [0.15, 0.2) is 24.3 Å². The molecule has 0 aliphatic carbocycles. The summed E-state index contributed by atoms with van der Waals surface area (Å²) in [7, 11) is 0. The second-order valence-electron chi connectivity index (χ2n) is 6.25. The number of rotatable bonds is 6. The first-order valence-corrected chi connectivity index (χ1v) is 8.88. The summed E-state index contributed by atoms with van der Waals surface area (Å²) in [5.74, 6) is -1.38. The van der Waals surface area contributed by atoms with Crippen LogP contribution in [0.5, 0.6) is 0 Å². The Balaban J connectivity index is 2.01. The van der Waals surface area contributed by atoms with Crippen molar-refractivity contribution in [2.45, 2.75) is 44.6 Å². The van der Waals surface area contributed by atoms with Gasteiger partial charge >= 0.3 is 5.97 Å². The molecule has 0 unspecified atom stereocenters. The van der Waals surface area contributed by atoms with Gasteiger partial charge in [0.2, 0.25) is 11.8 Å². The molecule has 0 aromatic heterocycles. The minimum atomic E-state index is -1.01. The molecule has 0 spiro atoms. The van der Waals surface area contributed by atoms with E-state index in [-0.39, 0.29) is 24.8 Å². The quantitative estimate of drug-likeness (QED) is 0.810. The number of carboxylic acids is 1. The molecule has 1 aliphatic rings. The first kappa shape index (κ1) is 19.2. The normalized spacial score (nSPS) is 16.7. The largest absolute Gasteiger partial charge is 0.481 e. The van der Waals surface area contributed by atoms with Crippen molar-refractivity contribution >= 4 is 29.4 Å². The molecule has 1 fully saturated rings. The summed E-state index contributed by atoms with van der Waals surface area (Å²) < 4.78 is 0. The number of likely N-dealkylation sites (tertiary alicyclic amines) is 1. The Morgan fingerprint density at radius 3 is 2.52 bits per heavy atom. The minimum absolute atomic E-state index is 0.0175. The van der Waals surface area contributed by atoms with Gasteiger partial charge < -0.3 is 15.3 Å². The summed E-state index contributed by atoms with van der Waals surface area (Å²) in [6.45, 7) is 0.527. The Bertz CT molecular complexity index is 618. The maximum absolute atomic E-state index is 12.4. The van der Waals surface area contributed by atoms with Crippen LogP contribution in [-0.4, -0.2) is 40.9 Å². The molecule has 25 heavy (non-hydrogen) atoms. The number of aliphatic carboxylic acids is 1. The van der Waals surface area contributed by atoms with Gasteiger partial charge in [0.15, 0.2) is 0 Å². The Hall–Kier alpha value is -2.08. The van der Waals surface area contributed by atoms with Gasteiger partial charge in [-0.2, -0.15) is 0 Å². The molecule has 1 atom stereocenters. The highest BCUT2D eigenvalue weighted by molar-refractivity contribution is 6.30. The molecule has 6 nitrogen and oxygen atoms in total. The Morgan fingerprint density at radius 2 is 1.84 bits per heavy atom. The molecular weight excluding hydrogens is 344 g/mol. The summed E-state index contributed by atoms with van der Waals surface area (Å²) in [4.78, 5) is 37.2. The van der Waals surface area contributed by atoms with Crippen LogP contribution in [0, 0.1) is 0 Å². The fraction of sp³-hybridized carbons (Fsp3) is 0.500. The zero-order valence-corrected chi connectivity index (χ0v) is 14.8. The number of nitrogens with one attached hydrogen (secondary N) is 1. The Morgan fingerprint density at radius 1 is 1.16 bits per heavy atom. The first-order valence-electron chi connectivity index (χ1n) is 8.50. The van der Waals surface area contributed by atoms with E-state index in [2.05, 4.69) is 5.32 Å². The van der Waals surface area contributed by atoms with Gasteiger partial charge in [-0.15, -0.1) is 0 Å². The number of carbonyl (C=O) groups excluding carboxylic acids is 2. The smallest absolute Gasteiger partial charge is 0.305 e. The van der Waals surface area contributed by atoms with Gasteiger partial charge in [0.05, 0.1) is 19.0 Å². The molecule has 1 aromatic rings. The summed E-state index contributed by atoms with van der Waals surface area (Å²) in [6, 6.07) is 6.03. The lowest BCUT2D eigenvalue weighted by Gasteiger charge is -2.25. The van der Waals surface area contributed by atoms with Crippen molar-refractivity contribution in [3.8, 4) is 0 Å². The van der Waals surface area contributed by atoms with E-state index in [0.717, 1.165) is 25.7 Å². The number of hydrogen-bond donors (Lipinski definition) is 2. The van der Waals surface area contributed by atoms with Crippen molar-refractivity contribution in [1.82, 2.24) is 10.2 Å². The van der Waals surface area contributed by atoms with Gasteiger partial charge in [-0.1, -0.05) is 36.6 Å². The van der Waals surface area contributed by atoms with Crippen molar-refractivity contribution in [2.24, 2.45) is 0 Å². The van der Waals surface area contributed by atoms with Crippen LogP contribution in [-0.2, 0) is 14.4 Å². The third kappa shape index (κ3) is 6.38. The zero-order valence-electron chi connectivity index (χ0n) is 14.0. The second kappa shape index (κ2) is 9.42. The monoisotopic (exact) mass is 366 g/mol. The van der Waals surface area contributed by atoms with Gasteiger partial charge in [-0.3, -0.25) is 14.4 Å². The van der Waals surface area contributed by atoms with E-state index in [1.165, 1.54) is 0 Å². The second-order valence-corrected chi connectivity index (χ2v) is 6.69. The molecule has 0 bridgehead atoms. The van der Waals surface area contributed by atoms with Crippen molar-refractivity contribution in [2.75, 3.05) is 13.1 Å². The van der Waals surface area contributed by atoms with E-state index in [9.17, 15) is 14.4 Å². The molecule has 1 saturated heterocycles. The predicted molar refractivity (Wildman–Crippen MR) is 94.3 cm³/mol. The average Bonchev–Trinajstić information content (AvgIpc) is 2.54. The van der Waals surface area contributed by atoms with Crippen LogP contribution in [0.25, 0.3) is 0 Å². The van der Waals surface area contributed by atoms with Crippen LogP contribution in [0.4, 0.5) is 0 Å². The Labute approximate surface area is 152 Å². The molecule has 1 aliphatic heterocycles. The number of hydrogen-bond acceptors (Lipinski definition) is 3.